The molecule has 3 nitrogen and oxygen atoms in total. The average Bonchev–Trinajstić information content (AvgIpc) is 2.15. The lowest BCUT2D eigenvalue weighted by Gasteiger charge is -2.19. The van der Waals surface area contributed by atoms with Gasteiger partial charge in [-0.25, -0.2) is 12.7 Å². The van der Waals surface area contributed by atoms with Gasteiger partial charge in [0.2, 0.25) is 10.0 Å². The van der Waals surface area contributed by atoms with E-state index < -0.39 is 10.0 Å². The number of halogens is 2. The van der Waals surface area contributed by atoms with Gasteiger partial charge in [-0.15, -0.1) is 0 Å². The zero-order valence-electron chi connectivity index (χ0n) is 9.94. The first kappa shape index (κ1) is 15.0. The lowest BCUT2D eigenvalue weighted by molar-refractivity contribution is 0.417. The van der Waals surface area contributed by atoms with Crippen LogP contribution < -0.4 is 0 Å². The standard InChI is InChI=1S/C11H15BrClNO2S/c1-8(2)7-14(3)17(15,16)11-5-4-9(12)6-10(11)13/h4-6,8H,7H2,1-3H3. The summed E-state index contributed by atoms with van der Waals surface area (Å²) in [4.78, 5) is 0.144. The Morgan fingerprint density at radius 2 is 2.00 bits per heavy atom. The summed E-state index contributed by atoms with van der Waals surface area (Å²) in [5.74, 6) is 0.268. The third-order valence-electron chi connectivity index (χ3n) is 2.20. The van der Waals surface area contributed by atoms with Crippen LogP contribution in [-0.4, -0.2) is 26.3 Å². The van der Waals surface area contributed by atoms with Crippen LogP contribution in [0.1, 0.15) is 13.8 Å². The fourth-order valence-corrected chi connectivity index (χ4v) is 3.81. The molecule has 6 heteroatoms. The minimum Gasteiger partial charge on any atom is -0.207 e. The van der Waals surface area contributed by atoms with Gasteiger partial charge in [-0.05, 0) is 24.1 Å². The Kier molecular flexibility index (Phi) is 5.01. The predicted molar refractivity (Wildman–Crippen MR) is 73.8 cm³/mol. The van der Waals surface area contributed by atoms with Gasteiger partial charge in [0.1, 0.15) is 4.90 Å². The van der Waals surface area contributed by atoms with Gasteiger partial charge in [0.25, 0.3) is 0 Å². The van der Waals surface area contributed by atoms with Crippen LogP contribution in [0, 0.1) is 5.92 Å². The normalized spacial score (nSPS) is 12.4. The molecule has 0 aliphatic carbocycles. The minimum absolute atomic E-state index is 0.144. The Labute approximate surface area is 116 Å². The van der Waals surface area contributed by atoms with E-state index in [9.17, 15) is 8.42 Å². The van der Waals surface area contributed by atoms with E-state index in [0.29, 0.717) is 6.54 Å². The molecule has 1 aromatic carbocycles. The van der Waals surface area contributed by atoms with Gasteiger partial charge in [-0.3, -0.25) is 0 Å². The monoisotopic (exact) mass is 339 g/mol. The second kappa shape index (κ2) is 5.69. The topological polar surface area (TPSA) is 37.4 Å². The van der Waals surface area contributed by atoms with Crippen molar-refractivity contribution in [2.24, 2.45) is 5.92 Å². The average molecular weight is 341 g/mol. The summed E-state index contributed by atoms with van der Waals surface area (Å²) in [6.07, 6.45) is 0. The molecule has 0 aliphatic heterocycles. The highest BCUT2D eigenvalue weighted by molar-refractivity contribution is 9.10. The molecular formula is C11H15BrClNO2S. The van der Waals surface area contributed by atoms with Crippen molar-refractivity contribution in [1.29, 1.82) is 0 Å². The molecule has 0 aromatic heterocycles. The quantitative estimate of drug-likeness (QED) is 0.842. The molecule has 17 heavy (non-hydrogen) atoms. The molecule has 0 amide bonds. The van der Waals surface area contributed by atoms with Crippen LogP contribution in [-0.2, 0) is 10.0 Å². The molecule has 0 radical (unpaired) electrons. The first-order chi connectivity index (χ1) is 7.75. The third-order valence-corrected chi connectivity index (χ3v) is 5.00. The van der Waals surface area contributed by atoms with Crippen LogP contribution in [0.3, 0.4) is 0 Å². The molecular weight excluding hydrogens is 326 g/mol. The summed E-state index contributed by atoms with van der Waals surface area (Å²) in [5, 5.41) is 0.231. The molecule has 1 aromatic rings. The molecule has 0 N–H and O–H groups in total. The van der Waals surface area contributed by atoms with Crippen molar-refractivity contribution in [3.05, 3.63) is 27.7 Å². The van der Waals surface area contributed by atoms with Crippen molar-refractivity contribution in [3.63, 3.8) is 0 Å². The maximum Gasteiger partial charge on any atom is 0.244 e. The molecule has 0 saturated heterocycles. The highest BCUT2D eigenvalue weighted by atomic mass is 79.9. The van der Waals surface area contributed by atoms with Gasteiger partial charge < -0.3 is 0 Å². The Balaban J connectivity index is 3.13. The Morgan fingerprint density at radius 1 is 1.41 bits per heavy atom. The molecule has 0 spiro atoms. The van der Waals surface area contributed by atoms with Gasteiger partial charge in [-0.1, -0.05) is 41.4 Å². The van der Waals surface area contributed by atoms with Gasteiger partial charge in [0, 0.05) is 18.1 Å². The summed E-state index contributed by atoms with van der Waals surface area (Å²) in [6, 6.07) is 4.76. The van der Waals surface area contributed by atoms with E-state index in [1.54, 1.807) is 19.2 Å². The first-order valence-electron chi connectivity index (χ1n) is 5.16. The maximum atomic E-state index is 12.2. The molecule has 0 bridgehead atoms. The van der Waals surface area contributed by atoms with Gasteiger partial charge in [0.15, 0.2) is 0 Å². The van der Waals surface area contributed by atoms with E-state index in [4.69, 9.17) is 11.6 Å². The molecule has 96 valence electrons. The van der Waals surface area contributed by atoms with E-state index in [1.807, 2.05) is 13.8 Å². The van der Waals surface area contributed by atoms with Crippen molar-refractivity contribution in [2.75, 3.05) is 13.6 Å². The number of rotatable bonds is 4. The summed E-state index contributed by atoms with van der Waals surface area (Å²) < 4.78 is 26.5. The molecule has 1 rings (SSSR count). The van der Waals surface area contributed by atoms with Crippen molar-refractivity contribution < 1.29 is 8.42 Å². The fraction of sp³-hybridized carbons (Fsp3) is 0.455. The van der Waals surface area contributed by atoms with Crippen LogP contribution in [0.25, 0.3) is 0 Å². The summed E-state index contributed by atoms with van der Waals surface area (Å²) >= 11 is 9.21. The van der Waals surface area contributed by atoms with Crippen LogP contribution in [0.5, 0.6) is 0 Å². The maximum absolute atomic E-state index is 12.2. The molecule has 0 atom stereocenters. The van der Waals surface area contributed by atoms with Crippen molar-refractivity contribution in [1.82, 2.24) is 4.31 Å². The van der Waals surface area contributed by atoms with E-state index in [0.717, 1.165) is 4.47 Å². The van der Waals surface area contributed by atoms with Crippen molar-refractivity contribution in [2.45, 2.75) is 18.7 Å². The Bertz CT molecular complexity index is 502. The zero-order chi connectivity index (χ0) is 13.2. The van der Waals surface area contributed by atoms with Crippen LogP contribution in [0.15, 0.2) is 27.6 Å². The molecule has 0 heterocycles. The summed E-state index contributed by atoms with van der Waals surface area (Å²) in [7, 11) is -1.94. The van der Waals surface area contributed by atoms with Crippen molar-refractivity contribution in [3.8, 4) is 0 Å². The Hall–Kier alpha value is -0.100. The van der Waals surface area contributed by atoms with Gasteiger partial charge in [-0.2, -0.15) is 0 Å². The summed E-state index contributed by atoms with van der Waals surface area (Å²) in [6.45, 7) is 4.40. The molecule has 0 fully saturated rings. The van der Waals surface area contributed by atoms with Gasteiger partial charge in [0.05, 0.1) is 5.02 Å². The first-order valence-corrected chi connectivity index (χ1v) is 7.77. The number of sulfonamides is 1. The van der Waals surface area contributed by atoms with E-state index in [-0.39, 0.29) is 15.8 Å². The predicted octanol–water partition coefficient (Wildman–Crippen LogP) is 3.38. The minimum atomic E-state index is -3.50. The number of hydrogen-bond acceptors (Lipinski definition) is 2. The fourth-order valence-electron chi connectivity index (χ4n) is 1.46. The van der Waals surface area contributed by atoms with Crippen molar-refractivity contribution >= 4 is 37.6 Å². The largest absolute Gasteiger partial charge is 0.244 e. The lowest BCUT2D eigenvalue weighted by atomic mass is 10.2. The number of benzene rings is 1. The highest BCUT2D eigenvalue weighted by Gasteiger charge is 2.23. The number of nitrogens with zero attached hydrogens (tertiary/aromatic N) is 1. The second-order valence-corrected chi connectivity index (χ2v) is 7.59. The number of hydrogen-bond donors (Lipinski definition) is 0. The Morgan fingerprint density at radius 3 is 2.47 bits per heavy atom. The summed E-state index contributed by atoms with van der Waals surface area (Å²) in [5.41, 5.74) is 0. The van der Waals surface area contributed by atoms with Crippen LogP contribution >= 0.6 is 27.5 Å². The SMILES string of the molecule is CC(C)CN(C)S(=O)(=O)c1ccc(Br)cc1Cl. The van der Waals surface area contributed by atoms with E-state index >= 15 is 0 Å². The zero-order valence-corrected chi connectivity index (χ0v) is 13.1. The van der Waals surface area contributed by atoms with Crippen LogP contribution in [0.2, 0.25) is 5.02 Å². The smallest absolute Gasteiger partial charge is 0.207 e. The molecule has 0 aliphatic rings. The third kappa shape index (κ3) is 3.68. The van der Waals surface area contributed by atoms with E-state index in [2.05, 4.69) is 15.9 Å². The van der Waals surface area contributed by atoms with E-state index in [1.165, 1.54) is 10.4 Å². The highest BCUT2D eigenvalue weighted by Crippen LogP contribution is 2.27. The molecule has 0 saturated carbocycles. The van der Waals surface area contributed by atoms with Gasteiger partial charge >= 0.3 is 0 Å². The second-order valence-electron chi connectivity index (χ2n) is 4.25. The van der Waals surface area contributed by atoms with Crippen LogP contribution in [0.4, 0.5) is 0 Å². The molecule has 0 unspecified atom stereocenters. The lowest BCUT2D eigenvalue weighted by Crippen LogP contribution is -2.30.